The van der Waals surface area contributed by atoms with Gasteiger partial charge >= 0.3 is 0 Å². The highest BCUT2D eigenvalue weighted by molar-refractivity contribution is 6.10. The molecule has 8 rings (SSSR count). The van der Waals surface area contributed by atoms with E-state index in [2.05, 4.69) is 117 Å². The van der Waals surface area contributed by atoms with Crippen LogP contribution in [0.1, 0.15) is 0 Å². The normalized spacial score (nSPS) is 11.8. The van der Waals surface area contributed by atoms with Crippen LogP contribution in [-0.4, -0.2) is 19.7 Å². The number of rotatable bonds is 3. The van der Waals surface area contributed by atoms with Crippen LogP contribution in [0.3, 0.4) is 0 Å². The predicted octanol–water partition coefficient (Wildman–Crippen LogP) is 8.14. The average molecular weight is 477 g/mol. The van der Waals surface area contributed by atoms with Gasteiger partial charge in [-0.05, 0) is 54.6 Å². The first-order valence-corrected chi connectivity index (χ1v) is 12.3. The summed E-state index contributed by atoms with van der Waals surface area (Å²) < 4.78 is 8.51. The summed E-state index contributed by atoms with van der Waals surface area (Å²) in [4.78, 5) is 3.47. The van der Waals surface area contributed by atoms with E-state index in [1.165, 1.54) is 21.7 Å². The van der Waals surface area contributed by atoms with Gasteiger partial charge in [0.25, 0.3) is 0 Å². The number of fused-ring (bicyclic) bond motifs is 6. The molecule has 37 heavy (non-hydrogen) atoms. The lowest BCUT2D eigenvalue weighted by Gasteiger charge is -2.07. The molecular formula is C32H20N4O. The van der Waals surface area contributed by atoms with Crippen LogP contribution in [0.2, 0.25) is 0 Å². The first-order valence-electron chi connectivity index (χ1n) is 12.3. The molecule has 0 saturated heterocycles. The van der Waals surface area contributed by atoms with Gasteiger partial charge in [0.1, 0.15) is 0 Å². The number of nitrogens with one attached hydrogen (secondary N) is 1. The van der Waals surface area contributed by atoms with Crippen LogP contribution in [0.15, 0.2) is 120 Å². The Hall–Kier alpha value is -5.16. The zero-order valence-electron chi connectivity index (χ0n) is 19.7. The third kappa shape index (κ3) is 3.04. The lowest BCUT2D eigenvalue weighted by Crippen LogP contribution is -1.93. The van der Waals surface area contributed by atoms with Crippen LogP contribution in [-0.2, 0) is 0 Å². The molecule has 174 valence electrons. The van der Waals surface area contributed by atoms with E-state index in [1.54, 1.807) is 0 Å². The number of nitrogens with zero attached hydrogens (tertiary/aromatic N) is 3. The molecule has 0 unspecified atom stereocenters. The van der Waals surface area contributed by atoms with Crippen molar-refractivity contribution < 1.29 is 4.42 Å². The third-order valence-electron chi connectivity index (χ3n) is 7.11. The highest BCUT2D eigenvalue weighted by Gasteiger charge is 2.16. The molecule has 3 heterocycles. The number of H-pyrrole nitrogens is 1. The molecule has 0 atom stereocenters. The molecule has 0 aliphatic rings. The Morgan fingerprint density at radius 1 is 0.514 bits per heavy atom. The second-order valence-electron chi connectivity index (χ2n) is 9.26. The summed E-state index contributed by atoms with van der Waals surface area (Å²) in [6.07, 6.45) is 0. The topological polar surface area (TPSA) is 59.6 Å². The zero-order valence-corrected chi connectivity index (χ0v) is 19.7. The molecule has 0 spiro atoms. The van der Waals surface area contributed by atoms with E-state index in [4.69, 9.17) is 4.42 Å². The summed E-state index contributed by atoms with van der Waals surface area (Å²) in [5.41, 5.74) is 7.37. The van der Waals surface area contributed by atoms with Crippen LogP contribution in [0.4, 0.5) is 0 Å². The summed E-state index contributed by atoms with van der Waals surface area (Å²) in [5, 5.41) is 13.5. The SMILES string of the molecule is c1ccc(-n2c3ccccc3c3ccc(-c4nnc(-c5ccc6[nH]c7ccccc7c6c5)o4)cc32)cc1. The van der Waals surface area contributed by atoms with E-state index in [0.29, 0.717) is 11.8 Å². The summed E-state index contributed by atoms with van der Waals surface area (Å²) in [7, 11) is 0. The maximum Gasteiger partial charge on any atom is 0.248 e. The molecule has 3 aromatic heterocycles. The monoisotopic (exact) mass is 476 g/mol. The Morgan fingerprint density at radius 2 is 1.16 bits per heavy atom. The maximum absolute atomic E-state index is 6.22. The molecule has 5 heteroatoms. The van der Waals surface area contributed by atoms with E-state index in [9.17, 15) is 0 Å². The predicted molar refractivity (Wildman–Crippen MR) is 149 cm³/mol. The fraction of sp³-hybridized carbons (Fsp3) is 0. The van der Waals surface area contributed by atoms with E-state index < -0.39 is 0 Å². The number of hydrogen-bond acceptors (Lipinski definition) is 3. The van der Waals surface area contributed by atoms with E-state index in [0.717, 1.165) is 38.8 Å². The minimum atomic E-state index is 0.501. The molecule has 0 aliphatic heterocycles. The Kier molecular flexibility index (Phi) is 4.16. The van der Waals surface area contributed by atoms with Crippen LogP contribution >= 0.6 is 0 Å². The first kappa shape index (κ1) is 20.1. The highest BCUT2D eigenvalue weighted by Crippen LogP contribution is 2.35. The Bertz CT molecular complexity index is 2100. The first-order chi connectivity index (χ1) is 18.3. The molecule has 0 fully saturated rings. The van der Waals surface area contributed by atoms with Gasteiger partial charge in [-0.25, -0.2) is 0 Å². The standard InChI is InChI=1S/C32H20N4O/c1-2-8-22(9-3-1)36-29-13-7-5-11-24(29)25-16-14-21(19-30(25)36)32-35-34-31(37-32)20-15-17-28-26(18-20)23-10-4-6-12-27(23)33-28/h1-19,33H. The molecule has 5 nitrogen and oxygen atoms in total. The van der Waals surface area contributed by atoms with Gasteiger partial charge in [0.2, 0.25) is 11.8 Å². The molecule has 0 saturated carbocycles. The van der Waals surface area contributed by atoms with Crippen molar-refractivity contribution in [3.63, 3.8) is 0 Å². The van der Waals surface area contributed by atoms with Gasteiger partial charge in [0, 0.05) is 49.4 Å². The Morgan fingerprint density at radius 3 is 2.03 bits per heavy atom. The zero-order chi connectivity index (χ0) is 24.3. The molecule has 1 N–H and O–H groups in total. The lowest BCUT2D eigenvalue weighted by molar-refractivity contribution is 0.585. The number of hydrogen-bond donors (Lipinski definition) is 1. The van der Waals surface area contributed by atoms with E-state index in [1.807, 2.05) is 18.2 Å². The van der Waals surface area contributed by atoms with Gasteiger partial charge in [0.05, 0.1) is 11.0 Å². The largest absolute Gasteiger partial charge is 0.416 e. The molecule has 5 aromatic carbocycles. The number of aromatic nitrogens is 4. The van der Waals surface area contributed by atoms with Gasteiger partial charge in [-0.2, -0.15) is 0 Å². The molecule has 0 amide bonds. The fourth-order valence-corrected chi connectivity index (χ4v) is 5.40. The molecule has 0 bridgehead atoms. The van der Waals surface area contributed by atoms with Crippen molar-refractivity contribution in [2.24, 2.45) is 0 Å². The quantitative estimate of drug-likeness (QED) is 0.280. The Balaban J connectivity index is 1.27. The smallest absolute Gasteiger partial charge is 0.248 e. The third-order valence-corrected chi connectivity index (χ3v) is 7.11. The lowest BCUT2D eigenvalue weighted by atomic mass is 10.1. The van der Waals surface area contributed by atoms with Gasteiger partial charge in [-0.3, -0.25) is 0 Å². The van der Waals surface area contributed by atoms with Gasteiger partial charge in [0.15, 0.2) is 0 Å². The van der Waals surface area contributed by atoms with Gasteiger partial charge in [-0.15, -0.1) is 10.2 Å². The van der Waals surface area contributed by atoms with Crippen LogP contribution < -0.4 is 0 Å². The van der Waals surface area contributed by atoms with Crippen molar-refractivity contribution in [2.45, 2.75) is 0 Å². The van der Waals surface area contributed by atoms with Crippen molar-refractivity contribution in [1.82, 2.24) is 19.7 Å². The fourth-order valence-electron chi connectivity index (χ4n) is 5.40. The molecular weight excluding hydrogens is 456 g/mol. The second kappa shape index (κ2) is 7.67. The van der Waals surface area contributed by atoms with Gasteiger partial charge in [-0.1, -0.05) is 60.7 Å². The molecule has 0 radical (unpaired) electrons. The number of para-hydroxylation sites is 3. The Labute approximate surface area is 211 Å². The van der Waals surface area contributed by atoms with Crippen molar-refractivity contribution in [1.29, 1.82) is 0 Å². The van der Waals surface area contributed by atoms with E-state index in [-0.39, 0.29) is 0 Å². The molecule has 0 aliphatic carbocycles. The van der Waals surface area contributed by atoms with Crippen LogP contribution in [0.25, 0.3) is 72.2 Å². The molecule has 8 aromatic rings. The average Bonchev–Trinajstić information content (AvgIpc) is 3.67. The summed E-state index contributed by atoms with van der Waals surface area (Å²) in [6, 6.07) is 39.8. The minimum Gasteiger partial charge on any atom is -0.416 e. The second-order valence-corrected chi connectivity index (χ2v) is 9.26. The maximum atomic E-state index is 6.22. The van der Waals surface area contributed by atoms with Crippen molar-refractivity contribution in [3.8, 4) is 28.6 Å². The summed E-state index contributed by atoms with van der Waals surface area (Å²) in [5.74, 6) is 1.01. The van der Waals surface area contributed by atoms with Crippen molar-refractivity contribution in [2.75, 3.05) is 0 Å². The van der Waals surface area contributed by atoms with Crippen molar-refractivity contribution in [3.05, 3.63) is 115 Å². The van der Waals surface area contributed by atoms with Crippen LogP contribution in [0, 0.1) is 0 Å². The van der Waals surface area contributed by atoms with Crippen molar-refractivity contribution >= 4 is 43.6 Å². The number of benzene rings is 5. The van der Waals surface area contributed by atoms with E-state index >= 15 is 0 Å². The minimum absolute atomic E-state index is 0.501. The van der Waals surface area contributed by atoms with Crippen LogP contribution in [0.5, 0.6) is 0 Å². The summed E-state index contributed by atoms with van der Waals surface area (Å²) >= 11 is 0. The summed E-state index contributed by atoms with van der Waals surface area (Å²) in [6.45, 7) is 0. The number of aromatic amines is 1. The van der Waals surface area contributed by atoms with Gasteiger partial charge < -0.3 is 14.0 Å². The highest BCUT2D eigenvalue weighted by atomic mass is 16.4.